The summed E-state index contributed by atoms with van der Waals surface area (Å²) in [7, 11) is 1.56. The molecule has 0 aromatic heterocycles. The lowest BCUT2D eigenvalue weighted by Crippen LogP contribution is -2.30. The Hall–Kier alpha value is -2.12. The minimum absolute atomic E-state index is 0.0899. The van der Waals surface area contributed by atoms with Gasteiger partial charge in [0.15, 0.2) is 0 Å². The highest BCUT2D eigenvalue weighted by Gasteiger charge is 2.11. The smallest absolute Gasteiger partial charge is 0.339 e. The molecule has 7 nitrogen and oxygen atoms in total. The fourth-order valence-electron chi connectivity index (χ4n) is 1.37. The number of carbonyl (C=O) groups excluding carboxylic acids is 1. The standard InChI is InChI=1S/C12H16N2O5/c1-19-5-4-13-7-11(16)14-8-2-3-10(15)9(6-8)12(17)18/h2-3,6,13,15H,4-5,7H2,1H3,(H,14,16)(H,17,18). The van der Waals surface area contributed by atoms with Crippen molar-refractivity contribution in [3.63, 3.8) is 0 Å². The first-order chi connectivity index (χ1) is 9.04. The molecule has 0 fully saturated rings. The molecule has 4 N–H and O–H groups in total. The number of benzene rings is 1. The first kappa shape index (κ1) is 14.9. The summed E-state index contributed by atoms with van der Waals surface area (Å²) in [5, 5.41) is 23.5. The van der Waals surface area contributed by atoms with Gasteiger partial charge in [0.25, 0.3) is 0 Å². The van der Waals surface area contributed by atoms with Crippen molar-refractivity contribution < 1.29 is 24.5 Å². The molecule has 1 aromatic carbocycles. The third-order valence-corrected chi connectivity index (χ3v) is 2.28. The molecule has 104 valence electrons. The monoisotopic (exact) mass is 268 g/mol. The zero-order valence-corrected chi connectivity index (χ0v) is 10.5. The Morgan fingerprint density at radius 2 is 2.11 bits per heavy atom. The molecule has 0 radical (unpaired) electrons. The molecule has 0 spiro atoms. The van der Waals surface area contributed by atoms with E-state index in [4.69, 9.17) is 9.84 Å². The number of nitrogens with one attached hydrogen (secondary N) is 2. The molecule has 1 rings (SSSR count). The first-order valence-corrected chi connectivity index (χ1v) is 5.60. The van der Waals surface area contributed by atoms with Crippen LogP contribution in [-0.4, -0.2) is 48.9 Å². The highest BCUT2D eigenvalue weighted by molar-refractivity contribution is 5.96. The van der Waals surface area contributed by atoms with Crippen LogP contribution in [0.1, 0.15) is 10.4 Å². The van der Waals surface area contributed by atoms with Gasteiger partial charge in [0.1, 0.15) is 11.3 Å². The highest BCUT2D eigenvalue weighted by atomic mass is 16.5. The van der Waals surface area contributed by atoms with Gasteiger partial charge in [-0.2, -0.15) is 0 Å². The van der Waals surface area contributed by atoms with Gasteiger partial charge in [-0.1, -0.05) is 0 Å². The Bertz CT molecular complexity index is 461. The van der Waals surface area contributed by atoms with Crippen molar-refractivity contribution in [3.05, 3.63) is 23.8 Å². The topological polar surface area (TPSA) is 108 Å². The number of aromatic carboxylic acids is 1. The molecule has 0 aliphatic heterocycles. The number of phenols is 1. The van der Waals surface area contributed by atoms with Gasteiger partial charge in [-0.15, -0.1) is 0 Å². The average Bonchev–Trinajstić information content (AvgIpc) is 2.36. The summed E-state index contributed by atoms with van der Waals surface area (Å²) in [6.45, 7) is 1.13. The van der Waals surface area contributed by atoms with E-state index in [1.807, 2.05) is 0 Å². The lowest BCUT2D eigenvalue weighted by molar-refractivity contribution is -0.115. The molecular formula is C12H16N2O5. The van der Waals surface area contributed by atoms with E-state index in [1.54, 1.807) is 7.11 Å². The molecular weight excluding hydrogens is 252 g/mol. The molecule has 7 heteroatoms. The van der Waals surface area contributed by atoms with E-state index in [2.05, 4.69) is 10.6 Å². The zero-order chi connectivity index (χ0) is 14.3. The number of ether oxygens (including phenoxy) is 1. The van der Waals surface area contributed by atoms with Crippen LogP contribution < -0.4 is 10.6 Å². The lowest BCUT2D eigenvalue weighted by atomic mass is 10.2. The number of methoxy groups -OCH3 is 1. The van der Waals surface area contributed by atoms with E-state index in [0.29, 0.717) is 18.8 Å². The maximum absolute atomic E-state index is 11.5. The summed E-state index contributed by atoms with van der Waals surface area (Å²) < 4.78 is 4.81. The summed E-state index contributed by atoms with van der Waals surface area (Å²) in [6.07, 6.45) is 0. The Morgan fingerprint density at radius 3 is 2.74 bits per heavy atom. The maximum Gasteiger partial charge on any atom is 0.339 e. The third kappa shape index (κ3) is 4.94. The largest absolute Gasteiger partial charge is 0.507 e. The van der Waals surface area contributed by atoms with Crippen LogP contribution in [0.4, 0.5) is 5.69 Å². The molecule has 19 heavy (non-hydrogen) atoms. The molecule has 1 amide bonds. The van der Waals surface area contributed by atoms with Crippen molar-refractivity contribution in [2.45, 2.75) is 0 Å². The van der Waals surface area contributed by atoms with Gasteiger partial charge < -0.3 is 25.6 Å². The van der Waals surface area contributed by atoms with Gasteiger partial charge in [0.2, 0.25) is 5.91 Å². The van der Waals surface area contributed by atoms with Crippen molar-refractivity contribution >= 4 is 17.6 Å². The van der Waals surface area contributed by atoms with Crippen LogP contribution in [0.2, 0.25) is 0 Å². The van der Waals surface area contributed by atoms with Crippen molar-refractivity contribution in [1.29, 1.82) is 0 Å². The quantitative estimate of drug-likeness (QED) is 0.417. The average molecular weight is 268 g/mol. The molecule has 0 saturated heterocycles. The molecule has 0 saturated carbocycles. The number of carbonyl (C=O) groups is 2. The van der Waals surface area contributed by atoms with Crippen LogP contribution in [0.5, 0.6) is 5.75 Å². The van der Waals surface area contributed by atoms with Crippen molar-refractivity contribution in [3.8, 4) is 5.75 Å². The minimum atomic E-state index is -1.26. The highest BCUT2D eigenvalue weighted by Crippen LogP contribution is 2.21. The van der Waals surface area contributed by atoms with Crippen molar-refractivity contribution in [1.82, 2.24) is 5.32 Å². The molecule has 0 aliphatic carbocycles. The van der Waals surface area contributed by atoms with Crippen LogP contribution in [0.25, 0.3) is 0 Å². The molecule has 0 heterocycles. The zero-order valence-electron chi connectivity index (χ0n) is 10.5. The number of rotatable bonds is 7. The maximum atomic E-state index is 11.5. The third-order valence-electron chi connectivity index (χ3n) is 2.28. The van der Waals surface area contributed by atoms with E-state index < -0.39 is 5.97 Å². The number of aromatic hydroxyl groups is 1. The van der Waals surface area contributed by atoms with Gasteiger partial charge in [0.05, 0.1) is 13.2 Å². The second-order valence-electron chi connectivity index (χ2n) is 3.75. The van der Waals surface area contributed by atoms with E-state index in [0.717, 1.165) is 0 Å². The summed E-state index contributed by atoms with van der Waals surface area (Å²) in [6, 6.07) is 3.84. The van der Waals surface area contributed by atoms with E-state index in [9.17, 15) is 14.7 Å². The number of carboxylic acid groups (broad SMARTS) is 1. The van der Waals surface area contributed by atoms with Crippen LogP contribution in [0, 0.1) is 0 Å². The number of hydrogen-bond acceptors (Lipinski definition) is 5. The Kier molecular flexibility index (Phi) is 5.77. The number of anilines is 1. The molecule has 0 unspecified atom stereocenters. The van der Waals surface area contributed by atoms with Crippen molar-refractivity contribution in [2.75, 3.05) is 32.1 Å². The van der Waals surface area contributed by atoms with Gasteiger partial charge >= 0.3 is 5.97 Å². The van der Waals surface area contributed by atoms with Crippen LogP contribution in [0.3, 0.4) is 0 Å². The fraction of sp³-hybridized carbons (Fsp3) is 0.333. The van der Waals surface area contributed by atoms with E-state index in [1.165, 1.54) is 18.2 Å². The van der Waals surface area contributed by atoms with E-state index >= 15 is 0 Å². The molecule has 0 aliphatic rings. The minimum Gasteiger partial charge on any atom is -0.507 e. The summed E-state index contributed by atoms with van der Waals surface area (Å²) in [5.41, 5.74) is 0.0545. The van der Waals surface area contributed by atoms with Gasteiger partial charge in [-0.05, 0) is 18.2 Å². The summed E-state index contributed by atoms with van der Waals surface area (Å²) in [4.78, 5) is 22.3. The summed E-state index contributed by atoms with van der Waals surface area (Å²) in [5.74, 6) is -1.91. The predicted molar refractivity (Wildman–Crippen MR) is 68.4 cm³/mol. The normalized spacial score (nSPS) is 10.2. The van der Waals surface area contributed by atoms with Crippen LogP contribution in [0.15, 0.2) is 18.2 Å². The molecule has 0 atom stereocenters. The van der Waals surface area contributed by atoms with Gasteiger partial charge in [-0.3, -0.25) is 4.79 Å². The van der Waals surface area contributed by atoms with Gasteiger partial charge in [0, 0.05) is 19.3 Å². The van der Waals surface area contributed by atoms with Crippen molar-refractivity contribution in [2.24, 2.45) is 0 Å². The van der Waals surface area contributed by atoms with Crippen LogP contribution in [-0.2, 0) is 9.53 Å². The Balaban J connectivity index is 2.55. The van der Waals surface area contributed by atoms with Gasteiger partial charge in [-0.25, -0.2) is 4.79 Å². The predicted octanol–water partition coefficient (Wildman–Crippen LogP) is 0.265. The second-order valence-corrected chi connectivity index (χ2v) is 3.75. The Labute approximate surface area is 110 Å². The Morgan fingerprint density at radius 1 is 1.37 bits per heavy atom. The second kappa shape index (κ2) is 7.34. The molecule has 1 aromatic rings. The summed E-state index contributed by atoms with van der Waals surface area (Å²) >= 11 is 0. The number of carboxylic acids is 1. The SMILES string of the molecule is COCCNCC(=O)Nc1ccc(O)c(C(=O)O)c1. The number of amides is 1. The first-order valence-electron chi connectivity index (χ1n) is 5.60. The van der Waals surface area contributed by atoms with E-state index in [-0.39, 0.29) is 23.8 Å². The molecule has 0 bridgehead atoms. The van der Waals surface area contributed by atoms with Crippen LogP contribution >= 0.6 is 0 Å². The lowest BCUT2D eigenvalue weighted by Gasteiger charge is -2.08. The fourth-order valence-corrected chi connectivity index (χ4v) is 1.37. The number of hydrogen-bond donors (Lipinski definition) is 4.